The summed E-state index contributed by atoms with van der Waals surface area (Å²) >= 11 is 1.45. The molecule has 0 atom stereocenters. The van der Waals surface area contributed by atoms with Gasteiger partial charge in [0.2, 0.25) is 0 Å². The van der Waals surface area contributed by atoms with Crippen LogP contribution >= 0.6 is 11.3 Å². The van der Waals surface area contributed by atoms with Gasteiger partial charge < -0.3 is 0 Å². The minimum absolute atomic E-state index is 0.00503. The van der Waals surface area contributed by atoms with Crippen LogP contribution in [-0.4, -0.2) is 9.38 Å². The molecule has 0 saturated heterocycles. The zero-order valence-corrected chi connectivity index (χ0v) is 15.3. The quantitative estimate of drug-likeness (QED) is 0.450. The predicted octanol–water partition coefficient (Wildman–Crippen LogP) is 4.23. The molecular formula is C22H16N2OS. The summed E-state index contributed by atoms with van der Waals surface area (Å²) in [6.07, 6.45) is 1.98. The van der Waals surface area contributed by atoms with E-state index in [9.17, 15) is 4.79 Å². The maximum Gasteiger partial charge on any atom is 0.274 e. The molecule has 26 heavy (non-hydrogen) atoms. The fourth-order valence-corrected chi connectivity index (χ4v) is 4.60. The Balaban J connectivity index is 1.84. The van der Waals surface area contributed by atoms with Gasteiger partial charge in [0.05, 0.1) is 15.6 Å². The summed E-state index contributed by atoms with van der Waals surface area (Å²) in [5, 5.41) is 2.32. The number of aryl methyl sites for hydroxylation is 2. The number of fused-ring (bicyclic) bond motifs is 4. The van der Waals surface area contributed by atoms with Crippen molar-refractivity contribution in [2.24, 2.45) is 0 Å². The minimum atomic E-state index is 0.00503. The van der Waals surface area contributed by atoms with Crippen LogP contribution in [0.15, 0.2) is 59.4 Å². The Hall–Kier alpha value is -2.98. The number of benzene rings is 3. The van der Waals surface area contributed by atoms with E-state index in [-0.39, 0.29) is 5.56 Å². The van der Waals surface area contributed by atoms with Crippen LogP contribution in [-0.2, 0) is 0 Å². The van der Waals surface area contributed by atoms with Crippen molar-refractivity contribution in [3.05, 3.63) is 86.2 Å². The van der Waals surface area contributed by atoms with Crippen LogP contribution in [0.4, 0.5) is 0 Å². The van der Waals surface area contributed by atoms with E-state index < -0.39 is 0 Å². The van der Waals surface area contributed by atoms with Gasteiger partial charge in [-0.3, -0.25) is 4.79 Å². The fourth-order valence-electron chi connectivity index (χ4n) is 3.63. The molecule has 0 fully saturated rings. The van der Waals surface area contributed by atoms with E-state index in [2.05, 4.69) is 30.3 Å². The van der Waals surface area contributed by atoms with Crippen molar-refractivity contribution in [1.29, 1.82) is 0 Å². The Morgan fingerprint density at radius 3 is 2.73 bits per heavy atom. The largest absolute Gasteiger partial charge is 0.274 e. The minimum Gasteiger partial charge on any atom is -0.267 e. The summed E-state index contributed by atoms with van der Waals surface area (Å²) < 4.78 is 2.46. The summed E-state index contributed by atoms with van der Waals surface area (Å²) in [5.41, 5.74) is 5.12. The monoisotopic (exact) mass is 356 g/mol. The summed E-state index contributed by atoms with van der Waals surface area (Å²) in [7, 11) is 0. The van der Waals surface area contributed by atoms with Crippen molar-refractivity contribution in [3.63, 3.8) is 0 Å². The average Bonchev–Trinajstić information content (AvgIpc) is 3.13. The van der Waals surface area contributed by atoms with Crippen molar-refractivity contribution in [2.75, 3.05) is 0 Å². The first-order valence-corrected chi connectivity index (χ1v) is 9.35. The molecule has 0 aliphatic heterocycles. The van der Waals surface area contributed by atoms with E-state index in [1.807, 2.05) is 44.2 Å². The Bertz CT molecular complexity index is 1420. The molecular weight excluding hydrogens is 340 g/mol. The highest BCUT2D eigenvalue weighted by Gasteiger charge is 2.13. The predicted molar refractivity (Wildman–Crippen MR) is 109 cm³/mol. The third-order valence-corrected chi connectivity index (χ3v) is 5.76. The Morgan fingerprint density at radius 2 is 1.85 bits per heavy atom. The number of aromatic nitrogens is 2. The number of nitrogens with zero attached hydrogens (tertiary/aromatic N) is 2. The SMILES string of the molecule is Cc1cc(C)c2nc3sc(=Cc4cccc5ccccc45)c(=O)n3c2c1. The van der Waals surface area contributed by atoms with Gasteiger partial charge in [0.25, 0.3) is 5.56 Å². The van der Waals surface area contributed by atoms with Crippen LogP contribution in [0, 0.1) is 13.8 Å². The highest BCUT2D eigenvalue weighted by molar-refractivity contribution is 7.15. The van der Waals surface area contributed by atoms with Crippen LogP contribution in [0.2, 0.25) is 0 Å². The third kappa shape index (κ3) is 2.19. The van der Waals surface area contributed by atoms with Crippen LogP contribution in [0.25, 0.3) is 32.8 Å². The van der Waals surface area contributed by atoms with Gasteiger partial charge in [0.15, 0.2) is 4.96 Å². The maximum absolute atomic E-state index is 13.1. The highest BCUT2D eigenvalue weighted by atomic mass is 32.1. The van der Waals surface area contributed by atoms with Crippen LogP contribution in [0.3, 0.4) is 0 Å². The van der Waals surface area contributed by atoms with Gasteiger partial charge in [0, 0.05) is 0 Å². The molecule has 5 rings (SSSR count). The standard InChI is InChI=1S/C22H16N2OS/c1-13-10-14(2)20-18(11-13)24-21(25)19(26-22(24)23-20)12-16-8-5-7-15-6-3-4-9-17(15)16/h3-12H,1-2H3. The van der Waals surface area contributed by atoms with E-state index in [1.54, 1.807) is 4.40 Å². The zero-order chi connectivity index (χ0) is 17.8. The molecule has 5 aromatic rings. The fraction of sp³-hybridized carbons (Fsp3) is 0.0909. The first-order valence-electron chi connectivity index (χ1n) is 8.53. The van der Waals surface area contributed by atoms with Crippen LogP contribution in [0.1, 0.15) is 16.7 Å². The molecule has 2 aromatic heterocycles. The van der Waals surface area contributed by atoms with E-state index in [0.29, 0.717) is 4.53 Å². The lowest BCUT2D eigenvalue weighted by molar-refractivity contribution is 1.19. The molecule has 0 aliphatic rings. The van der Waals surface area contributed by atoms with Crippen molar-refractivity contribution in [3.8, 4) is 0 Å². The lowest BCUT2D eigenvalue weighted by Crippen LogP contribution is -2.22. The third-order valence-electron chi connectivity index (χ3n) is 4.79. The second-order valence-corrected chi connectivity index (χ2v) is 7.67. The second-order valence-electron chi connectivity index (χ2n) is 6.66. The van der Waals surface area contributed by atoms with Gasteiger partial charge >= 0.3 is 0 Å². The van der Waals surface area contributed by atoms with E-state index in [0.717, 1.165) is 38.1 Å². The van der Waals surface area contributed by atoms with Crippen molar-refractivity contribution in [2.45, 2.75) is 13.8 Å². The molecule has 0 amide bonds. The smallest absolute Gasteiger partial charge is 0.267 e. The first kappa shape index (κ1) is 15.3. The van der Waals surface area contributed by atoms with Gasteiger partial charge in [-0.05, 0) is 53.5 Å². The summed E-state index contributed by atoms with van der Waals surface area (Å²) in [6.45, 7) is 4.09. The molecule has 0 aliphatic carbocycles. The zero-order valence-electron chi connectivity index (χ0n) is 14.5. The highest BCUT2D eigenvalue weighted by Crippen LogP contribution is 2.22. The van der Waals surface area contributed by atoms with Crippen molar-refractivity contribution >= 4 is 44.2 Å². The molecule has 126 valence electrons. The van der Waals surface area contributed by atoms with E-state index in [4.69, 9.17) is 4.98 Å². The molecule has 0 bridgehead atoms. The number of imidazole rings is 1. The molecule has 0 unspecified atom stereocenters. The van der Waals surface area contributed by atoms with Gasteiger partial charge in [-0.1, -0.05) is 59.9 Å². The molecule has 2 heterocycles. The van der Waals surface area contributed by atoms with Gasteiger partial charge in [-0.15, -0.1) is 0 Å². The summed E-state index contributed by atoms with van der Waals surface area (Å²) in [4.78, 5) is 18.5. The molecule has 0 radical (unpaired) electrons. The lowest BCUT2D eigenvalue weighted by atomic mass is 10.0. The first-order chi connectivity index (χ1) is 12.6. The molecule has 0 N–H and O–H groups in total. The summed E-state index contributed by atoms with van der Waals surface area (Å²) in [5.74, 6) is 0. The number of thiazole rings is 1. The van der Waals surface area contributed by atoms with E-state index >= 15 is 0 Å². The van der Waals surface area contributed by atoms with E-state index in [1.165, 1.54) is 16.7 Å². The lowest BCUT2D eigenvalue weighted by Gasteiger charge is -2.00. The molecule has 0 spiro atoms. The Labute approximate surface area is 153 Å². The van der Waals surface area contributed by atoms with Crippen molar-refractivity contribution in [1.82, 2.24) is 9.38 Å². The molecule has 3 aromatic carbocycles. The molecule has 4 heteroatoms. The molecule has 3 nitrogen and oxygen atoms in total. The van der Waals surface area contributed by atoms with Gasteiger partial charge in [-0.25, -0.2) is 9.38 Å². The number of rotatable bonds is 1. The molecule has 0 saturated carbocycles. The topological polar surface area (TPSA) is 34.4 Å². The van der Waals surface area contributed by atoms with Gasteiger partial charge in [-0.2, -0.15) is 0 Å². The second kappa shape index (κ2) is 5.51. The van der Waals surface area contributed by atoms with Crippen molar-refractivity contribution < 1.29 is 0 Å². The maximum atomic E-state index is 13.1. The number of hydrogen-bond acceptors (Lipinski definition) is 3. The average molecular weight is 356 g/mol. The number of hydrogen-bond donors (Lipinski definition) is 0. The Morgan fingerprint density at radius 1 is 1.04 bits per heavy atom. The van der Waals surface area contributed by atoms with Crippen LogP contribution < -0.4 is 10.1 Å². The summed E-state index contributed by atoms with van der Waals surface area (Å²) in [6, 6.07) is 18.5. The van der Waals surface area contributed by atoms with Crippen LogP contribution in [0.5, 0.6) is 0 Å². The normalized spacial score (nSPS) is 12.6. The Kier molecular flexibility index (Phi) is 3.24. The van der Waals surface area contributed by atoms with Gasteiger partial charge in [0.1, 0.15) is 0 Å².